The Balaban J connectivity index is 1.86. The lowest BCUT2D eigenvalue weighted by molar-refractivity contribution is 0.125. The van der Waals surface area contributed by atoms with Gasteiger partial charge in [0.15, 0.2) is 0 Å². The topological polar surface area (TPSA) is 49.5 Å². The molecule has 3 nitrogen and oxygen atoms in total. The number of likely N-dealkylation sites (tertiary alicyclic amines) is 1. The minimum atomic E-state index is -0.0591. The third-order valence-corrected chi connectivity index (χ3v) is 3.63. The third-order valence-electron chi connectivity index (χ3n) is 3.63. The monoisotopic (exact) mass is 196 g/mol. The summed E-state index contributed by atoms with van der Waals surface area (Å²) in [6.07, 6.45) is 2.13. The Morgan fingerprint density at radius 3 is 2.86 bits per heavy atom. The molecule has 0 aromatic carbocycles. The van der Waals surface area contributed by atoms with E-state index in [1.165, 1.54) is 6.42 Å². The Bertz CT molecular complexity index is 229. The van der Waals surface area contributed by atoms with Gasteiger partial charge in [0, 0.05) is 32.1 Å². The fraction of sp³-hybridized carbons (Fsp3) is 0.818. The van der Waals surface area contributed by atoms with Crippen LogP contribution in [0.3, 0.4) is 0 Å². The number of aliphatic hydroxyl groups is 1. The SMILES string of the molecule is C=C(CN)CN1CC2CCC(O)C2C1. The van der Waals surface area contributed by atoms with E-state index in [1.54, 1.807) is 0 Å². The van der Waals surface area contributed by atoms with Crippen LogP contribution in [0.15, 0.2) is 12.2 Å². The molecule has 0 radical (unpaired) electrons. The van der Waals surface area contributed by atoms with Gasteiger partial charge in [0.05, 0.1) is 6.10 Å². The zero-order valence-electron chi connectivity index (χ0n) is 8.65. The highest BCUT2D eigenvalue weighted by Gasteiger charge is 2.41. The highest BCUT2D eigenvalue weighted by Crippen LogP contribution is 2.37. The highest BCUT2D eigenvalue weighted by atomic mass is 16.3. The summed E-state index contributed by atoms with van der Waals surface area (Å²) in [6, 6.07) is 0. The zero-order valence-corrected chi connectivity index (χ0v) is 8.65. The molecule has 1 aliphatic heterocycles. The fourth-order valence-corrected chi connectivity index (χ4v) is 2.84. The van der Waals surface area contributed by atoms with Crippen molar-refractivity contribution in [1.29, 1.82) is 0 Å². The van der Waals surface area contributed by atoms with Crippen molar-refractivity contribution in [3.63, 3.8) is 0 Å². The lowest BCUT2D eigenvalue weighted by Crippen LogP contribution is -2.28. The standard InChI is InChI=1S/C11H20N2O/c1-8(4-12)5-13-6-9-2-3-11(14)10(9)7-13/h9-11,14H,1-7,12H2. The molecule has 1 saturated carbocycles. The summed E-state index contributed by atoms with van der Waals surface area (Å²) in [5.41, 5.74) is 6.61. The predicted molar refractivity (Wildman–Crippen MR) is 56.9 cm³/mol. The maximum absolute atomic E-state index is 9.73. The number of hydrogen-bond acceptors (Lipinski definition) is 3. The van der Waals surface area contributed by atoms with Crippen LogP contribution in [0.1, 0.15) is 12.8 Å². The summed E-state index contributed by atoms with van der Waals surface area (Å²) in [5.74, 6) is 1.23. The Morgan fingerprint density at radius 2 is 2.21 bits per heavy atom. The van der Waals surface area contributed by atoms with Crippen molar-refractivity contribution >= 4 is 0 Å². The van der Waals surface area contributed by atoms with E-state index in [2.05, 4.69) is 11.5 Å². The number of nitrogens with two attached hydrogens (primary N) is 1. The molecule has 1 aliphatic carbocycles. The predicted octanol–water partition coefficient (Wildman–Crippen LogP) is 0.204. The van der Waals surface area contributed by atoms with Gasteiger partial charge in [-0.2, -0.15) is 0 Å². The summed E-state index contributed by atoms with van der Waals surface area (Å²) in [5, 5.41) is 9.73. The summed E-state index contributed by atoms with van der Waals surface area (Å²) < 4.78 is 0. The van der Waals surface area contributed by atoms with Gasteiger partial charge in [0.2, 0.25) is 0 Å². The van der Waals surface area contributed by atoms with Gasteiger partial charge in [-0.15, -0.1) is 0 Å². The van der Waals surface area contributed by atoms with E-state index in [9.17, 15) is 5.11 Å². The molecule has 2 rings (SSSR count). The number of hydrogen-bond donors (Lipinski definition) is 2. The quantitative estimate of drug-likeness (QED) is 0.634. The first-order valence-corrected chi connectivity index (χ1v) is 5.48. The number of fused-ring (bicyclic) bond motifs is 1. The van der Waals surface area contributed by atoms with Gasteiger partial charge in [0.1, 0.15) is 0 Å². The van der Waals surface area contributed by atoms with Gasteiger partial charge < -0.3 is 10.8 Å². The maximum Gasteiger partial charge on any atom is 0.0583 e. The van der Waals surface area contributed by atoms with Crippen LogP contribution in [-0.4, -0.2) is 42.3 Å². The van der Waals surface area contributed by atoms with E-state index < -0.39 is 0 Å². The van der Waals surface area contributed by atoms with Gasteiger partial charge in [0.25, 0.3) is 0 Å². The summed E-state index contributed by atoms with van der Waals surface area (Å²) >= 11 is 0. The molecule has 3 N–H and O–H groups in total. The van der Waals surface area contributed by atoms with Crippen LogP contribution in [0, 0.1) is 11.8 Å². The van der Waals surface area contributed by atoms with Gasteiger partial charge in [-0.05, 0) is 24.3 Å². The third kappa shape index (κ3) is 1.85. The fourth-order valence-electron chi connectivity index (χ4n) is 2.84. The summed E-state index contributed by atoms with van der Waals surface area (Å²) in [6.45, 7) is 7.57. The molecule has 80 valence electrons. The van der Waals surface area contributed by atoms with E-state index in [-0.39, 0.29) is 6.10 Å². The molecular weight excluding hydrogens is 176 g/mol. The Kier molecular flexibility index (Phi) is 2.91. The van der Waals surface area contributed by atoms with Crippen molar-refractivity contribution in [3.05, 3.63) is 12.2 Å². The second-order valence-electron chi connectivity index (χ2n) is 4.72. The molecule has 0 bridgehead atoms. The van der Waals surface area contributed by atoms with Crippen LogP contribution >= 0.6 is 0 Å². The minimum absolute atomic E-state index is 0.0591. The Morgan fingerprint density at radius 1 is 1.43 bits per heavy atom. The van der Waals surface area contributed by atoms with Crippen LogP contribution in [0.4, 0.5) is 0 Å². The van der Waals surface area contributed by atoms with Crippen LogP contribution < -0.4 is 5.73 Å². The second-order valence-corrected chi connectivity index (χ2v) is 4.72. The van der Waals surface area contributed by atoms with Gasteiger partial charge >= 0.3 is 0 Å². The second kappa shape index (κ2) is 4.01. The molecule has 0 amide bonds. The average molecular weight is 196 g/mol. The number of rotatable bonds is 3. The first kappa shape index (κ1) is 10.1. The Labute approximate surface area is 85.6 Å². The highest BCUT2D eigenvalue weighted by molar-refractivity contribution is 5.02. The van der Waals surface area contributed by atoms with Crippen molar-refractivity contribution < 1.29 is 5.11 Å². The minimum Gasteiger partial charge on any atom is -0.393 e. The number of aliphatic hydroxyl groups excluding tert-OH is 1. The van der Waals surface area contributed by atoms with E-state index in [0.717, 1.165) is 37.5 Å². The zero-order chi connectivity index (χ0) is 10.1. The van der Waals surface area contributed by atoms with Gasteiger partial charge in [-0.25, -0.2) is 0 Å². The van der Waals surface area contributed by atoms with Crippen molar-refractivity contribution in [2.75, 3.05) is 26.2 Å². The van der Waals surface area contributed by atoms with E-state index in [4.69, 9.17) is 5.73 Å². The lowest BCUT2D eigenvalue weighted by Gasteiger charge is -2.18. The molecule has 2 aliphatic rings. The molecule has 3 heteroatoms. The van der Waals surface area contributed by atoms with Crippen molar-refractivity contribution in [2.24, 2.45) is 17.6 Å². The molecule has 3 unspecified atom stereocenters. The van der Waals surface area contributed by atoms with Crippen LogP contribution in [-0.2, 0) is 0 Å². The van der Waals surface area contributed by atoms with E-state index in [1.807, 2.05) is 0 Å². The largest absolute Gasteiger partial charge is 0.393 e. The van der Waals surface area contributed by atoms with Crippen molar-refractivity contribution in [1.82, 2.24) is 4.90 Å². The van der Waals surface area contributed by atoms with E-state index >= 15 is 0 Å². The normalized spacial score (nSPS) is 37.4. The first-order valence-electron chi connectivity index (χ1n) is 5.48. The lowest BCUT2D eigenvalue weighted by atomic mass is 10.00. The maximum atomic E-state index is 9.73. The van der Waals surface area contributed by atoms with Crippen LogP contribution in [0.5, 0.6) is 0 Å². The summed E-state index contributed by atoms with van der Waals surface area (Å²) in [4.78, 5) is 2.38. The molecular formula is C11H20N2O. The summed E-state index contributed by atoms with van der Waals surface area (Å²) in [7, 11) is 0. The molecule has 1 heterocycles. The van der Waals surface area contributed by atoms with Gasteiger partial charge in [-0.1, -0.05) is 6.58 Å². The first-order chi connectivity index (χ1) is 6.70. The van der Waals surface area contributed by atoms with Gasteiger partial charge in [-0.3, -0.25) is 4.90 Å². The Hall–Kier alpha value is -0.380. The molecule has 0 aromatic rings. The molecule has 1 saturated heterocycles. The molecule has 3 atom stereocenters. The smallest absolute Gasteiger partial charge is 0.0583 e. The molecule has 14 heavy (non-hydrogen) atoms. The number of nitrogens with zero attached hydrogens (tertiary/aromatic N) is 1. The van der Waals surface area contributed by atoms with Crippen molar-refractivity contribution in [2.45, 2.75) is 18.9 Å². The molecule has 0 spiro atoms. The molecule has 2 fully saturated rings. The van der Waals surface area contributed by atoms with Crippen LogP contribution in [0.2, 0.25) is 0 Å². The van der Waals surface area contributed by atoms with Crippen LogP contribution in [0.25, 0.3) is 0 Å². The molecule has 0 aromatic heterocycles. The van der Waals surface area contributed by atoms with E-state index in [0.29, 0.717) is 12.5 Å². The van der Waals surface area contributed by atoms with Crippen molar-refractivity contribution in [3.8, 4) is 0 Å². The average Bonchev–Trinajstić information content (AvgIpc) is 2.69.